The molecule has 72 valence electrons. The highest BCUT2D eigenvalue weighted by Gasteiger charge is 2.11. The van der Waals surface area contributed by atoms with Crippen LogP contribution in [-0.2, 0) is 4.79 Å². The first-order valence-corrected chi connectivity index (χ1v) is 4.16. The van der Waals surface area contributed by atoms with E-state index in [2.05, 4.69) is 10.6 Å². The average Bonchev–Trinajstić information content (AvgIpc) is 2.04. The largest absolute Gasteiger partial charge is 0.395 e. The van der Waals surface area contributed by atoms with Crippen molar-refractivity contribution in [3.8, 4) is 0 Å². The first-order valence-electron chi connectivity index (χ1n) is 4.16. The highest BCUT2D eigenvalue weighted by atomic mass is 16.3. The van der Waals surface area contributed by atoms with Crippen molar-refractivity contribution in [3.05, 3.63) is 0 Å². The Balaban J connectivity index is 3.65. The normalized spacial score (nSPS) is 13.1. The zero-order valence-electron chi connectivity index (χ0n) is 7.92. The van der Waals surface area contributed by atoms with Crippen molar-refractivity contribution in [1.29, 1.82) is 0 Å². The van der Waals surface area contributed by atoms with Crippen LogP contribution >= 0.6 is 0 Å². The van der Waals surface area contributed by atoms with E-state index in [1.54, 1.807) is 7.05 Å². The molecule has 4 heteroatoms. The summed E-state index contributed by atoms with van der Waals surface area (Å²) in [7, 11) is 1.59. The summed E-state index contributed by atoms with van der Waals surface area (Å²) in [5, 5.41) is 14.3. The van der Waals surface area contributed by atoms with E-state index < -0.39 is 0 Å². The van der Waals surface area contributed by atoms with E-state index >= 15 is 0 Å². The first-order chi connectivity index (χ1) is 5.61. The topological polar surface area (TPSA) is 61.4 Å². The quantitative estimate of drug-likeness (QED) is 0.518. The lowest BCUT2D eigenvalue weighted by atomic mass is 10.1. The van der Waals surface area contributed by atoms with Crippen LogP contribution in [0, 0.1) is 5.92 Å². The molecule has 0 rings (SSSR count). The highest BCUT2D eigenvalue weighted by Crippen LogP contribution is 1.98. The second-order valence-electron chi connectivity index (χ2n) is 3.09. The molecular formula is C8H18N2O2. The van der Waals surface area contributed by atoms with E-state index in [0.29, 0.717) is 5.92 Å². The zero-order chi connectivity index (χ0) is 9.56. The molecule has 0 fully saturated rings. The summed E-state index contributed by atoms with van der Waals surface area (Å²) < 4.78 is 0. The predicted molar refractivity (Wildman–Crippen MR) is 47.8 cm³/mol. The number of aliphatic hydroxyl groups is 1. The monoisotopic (exact) mass is 174 g/mol. The van der Waals surface area contributed by atoms with Crippen LogP contribution in [0.5, 0.6) is 0 Å². The van der Waals surface area contributed by atoms with Crippen molar-refractivity contribution in [2.45, 2.75) is 19.9 Å². The molecule has 0 aromatic heterocycles. The number of carbonyl (C=O) groups excluding carboxylic acids is 1. The molecule has 0 aliphatic heterocycles. The van der Waals surface area contributed by atoms with E-state index in [-0.39, 0.29) is 25.1 Å². The van der Waals surface area contributed by atoms with Gasteiger partial charge in [0.15, 0.2) is 0 Å². The van der Waals surface area contributed by atoms with Gasteiger partial charge in [0, 0.05) is 13.1 Å². The van der Waals surface area contributed by atoms with Crippen LogP contribution in [0.25, 0.3) is 0 Å². The van der Waals surface area contributed by atoms with Crippen LogP contribution in [0.4, 0.5) is 0 Å². The molecule has 3 N–H and O–H groups in total. The Morgan fingerprint density at radius 1 is 1.50 bits per heavy atom. The molecule has 0 aromatic carbocycles. The summed E-state index contributed by atoms with van der Waals surface area (Å²) in [4.78, 5) is 10.8. The van der Waals surface area contributed by atoms with Crippen molar-refractivity contribution in [2.24, 2.45) is 5.92 Å². The minimum atomic E-state index is -0.0610. The maximum absolute atomic E-state index is 10.8. The summed E-state index contributed by atoms with van der Waals surface area (Å²) >= 11 is 0. The first kappa shape index (κ1) is 11.4. The minimum Gasteiger partial charge on any atom is -0.395 e. The maximum atomic E-state index is 10.8. The fraction of sp³-hybridized carbons (Fsp3) is 0.875. The smallest absolute Gasteiger partial charge is 0.233 e. The average molecular weight is 174 g/mol. The van der Waals surface area contributed by atoms with Gasteiger partial charge < -0.3 is 15.7 Å². The van der Waals surface area contributed by atoms with Crippen molar-refractivity contribution >= 4 is 5.91 Å². The Bertz CT molecular complexity index is 137. The number of carbonyl (C=O) groups is 1. The lowest BCUT2D eigenvalue weighted by molar-refractivity contribution is -0.119. The van der Waals surface area contributed by atoms with Crippen LogP contribution in [0.15, 0.2) is 0 Å². The van der Waals surface area contributed by atoms with E-state index in [1.165, 1.54) is 0 Å². The number of aliphatic hydroxyl groups excluding tert-OH is 1. The summed E-state index contributed by atoms with van der Waals surface area (Å²) in [5.74, 6) is 0.272. The molecule has 1 amide bonds. The lowest BCUT2D eigenvalue weighted by Crippen LogP contribution is -2.42. The number of nitrogens with one attached hydrogen (secondary N) is 2. The minimum absolute atomic E-state index is 0.00213. The number of hydrogen-bond donors (Lipinski definition) is 3. The molecular weight excluding hydrogens is 156 g/mol. The van der Waals surface area contributed by atoms with Crippen LogP contribution in [0.1, 0.15) is 13.8 Å². The van der Waals surface area contributed by atoms with E-state index in [9.17, 15) is 4.79 Å². The van der Waals surface area contributed by atoms with E-state index in [0.717, 1.165) is 0 Å². The van der Waals surface area contributed by atoms with Crippen LogP contribution in [0.2, 0.25) is 0 Å². The van der Waals surface area contributed by atoms with Gasteiger partial charge in [-0.25, -0.2) is 0 Å². The highest BCUT2D eigenvalue weighted by molar-refractivity contribution is 5.77. The molecule has 0 aromatic rings. The van der Waals surface area contributed by atoms with Gasteiger partial charge in [0.1, 0.15) is 0 Å². The van der Waals surface area contributed by atoms with Gasteiger partial charge in [-0.1, -0.05) is 13.8 Å². The van der Waals surface area contributed by atoms with Gasteiger partial charge in [-0.2, -0.15) is 0 Å². The Labute approximate surface area is 73.3 Å². The molecule has 0 spiro atoms. The third kappa shape index (κ3) is 4.31. The second-order valence-corrected chi connectivity index (χ2v) is 3.09. The zero-order valence-corrected chi connectivity index (χ0v) is 7.92. The second kappa shape index (κ2) is 5.97. The SMILES string of the molecule is CNC(=O)CN[C@H](CO)C(C)C. The molecule has 4 nitrogen and oxygen atoms in total. The third-order valence-electron chi connectivity index (χ3n) is 1.81. The summed E-state index contributed by atoms with van der Waals surface area (Å²) in [6, 6.07) is 0.00213. The van der Waals surface area contributed by atoms with Crippen molar-refractivity contribution in [1.82, 2.24) is 10.6 Å². The summed E-state index contributed by atoms with van der Waals surface area (Å²) in [5.41, 5.74) is 0. The Hall–Kier alpha value is -0.610. The summed E-state index contributed by atoms with van der Waals surface area (Å²) in [6.45, 7) is 4.32. The maximum Gasteiger partial charge on any atom is 0.233 e. The fourth-order valence-electron chi connectivity index (χ4n) is 0.823. The predicted octanol–water partition coefficient (Wildman–Crippen LogP) is -0.661. The van der Waals surface area contributed by atoms with Gasteiger partial charge in [-0.05, 0) is 5.92 Å². The van der Waals surface area contributed by atoms with Crippen molar-refractivity contribution < 1.29 is 9.90 Å². The molecule has 0 heterocycles. The van der Waals surface area contributed by atoms with E-state index in [1.807, 2.05) is 13.8 Å². The number of likely N-dealkylation sites (N-methyl/N-ethyl adjacent to an activating group) is 1. The van der Waals surface area contributed by atoms with Crippen LogP contribution in [0.3, 0.4) is 0 Å². The molecule has 0 aliphatic rings. The summed E-state index contributed by atoms with van der Waals surface area (Å²) in [6.07, 6.45) is 0. The Morgan fingerprint density at radius 3 is 2.42 bits per heavy atom. The molecule has 0 aliphatic carbocycles. The molecule has 0 bridgehead atoms. The number of rotatable bonds is 5. The Morgan fingerprint density at radius 2 is 2.08 bits per heavy atom. The lowest BCUT2D eigenvalue weighted by Gasteiger charge is -2.19. The van der Waals surface area contributed by atoms with Crippen molar-refractivity contribution in [3.63, 3.8) is 0 Å². The van der Waals surface area contributed by atoms with Crippen molar-refractivity contribution in [2.75, 3.05) is 20.2 Å². The molecule has 0 unspecified atom stereocenters. The number of hydrogen-bond acceptors (Lipinski definition) is 3. The van der Waals surface area contributed by atoms with Gasteiger partial charge >= 0.3 is 0 Å². The van der Waals surface area contributed by atoms with Gasteiger partial charge in [0.2, 0.25) is 5.91 Å². The standard InChI is InChI=1S/C8H18N2O2/c1-6(2)7(5-11)10-4-8(12)9-3/h6-7,10-11H,4-5H2,1-3H3,(H,9,12)/t7-/m1/s1. The van der Waals surface area contributed by atoms with Gasteiger partial charge in [0.05, 0.1) is 13.2 Å². The van der Waals surface area contributed by atoms with Crippen LogP contribution < -0.4 is 10.6 Å². The molecule has 0 saturated carbocycles. The third-order valence-corrected chi connectivity index (χ3v) is 1.81. The van der Waals surface area contributed by atoms with Gasteiger partial charge in [-0.3, -0.25) is 4.79 Å². The molecule has 1 atom stereocenters. The fourth-order valence-corrected chi connectivity index (χ4v) is 0.823. The molecule has 12 heavy (non-hydrogen) atoms. The molecule has 0 radical (unpaired) electrons. The van der Waals surface area contributed by atoms with Gasteiger partial charge in [-0.15, -0.1) is 0 Å². The Kier molecular flexibility index (Phi) is 5.66. The van der Waals surface area contributed by atoms with Crippen LogP contribution in [-0.4, -0.2) is 37.3 Å². The molecule has 0 saturated heterocycles. The number of amides is 1. The van der Waals surface area contributed by atoms with E-state index in [4.69, 9.17) is 5.11 Å². The van der Waals surface area contributed by atoms with Gasteiger partial charge in [0.25, 0.3) is 0 Å².